The van der Waals surface area contributed by atoms with Gasteiger partial charge in [0.15, 0.2) is 46.1 Å². The topological polar surface area (TPSA) is 66.4 Å². The number of hydrogen-bond acceptors (Lipinski definition) is 6. The summed E-state index contributed by atoms with van der Waals surface area (Å²) in [5.74, 6) is -3.53. The smallest absolute Gasteiger partial charge is 0.207 e. The van der Waals surface area contributed by atoms with E-state index >= 15 is 17.6 Å². The van der Waals surface area contributed by atoms with Crippen molar-refractivity contribution in [3.05, 3.63) is 95.1 Å². The number of rotatable bonds is 9. The average molecular weight is 677 g/mol. The predicted octanol–water partition coefficient (Wildman–Crippen LogP) is 9.63. The Labute approximate surface area is 281 Å². The molecule has 7 rings (SSSR count). The molecule has 0 aromatic heterocycles. The third-order valence-corrected chi connectivity index (χ3v) is 9.81. The van der Waals surface area contributed by atoms with Crippen molar-refractivity contribution in [2.75, 3.05) is 19.8 Å². The van der Waals surface area contributed by atoms with Crippen molar-refractivity contribution in [2.24, 2.45) is 11.8 Å². The van der Waals surface area contributed by atoms with Crippen LogP contribution in [0.3, 0.4) is 0 Å². The molecule has 2 aliphatic heterocycles. The Bertz CT molecular complexity index is 1940. The van der Waals surface area contributed by atoms with Crippen LogP contribution < -0.4 is 23.7 Å². The fraction of sp³-hybridized carbons (Fsp3) is 0.333. The van der Waals surface area contributed by atoms with E-state index in [0.717, 1.165) is 12.0 Å². The molecule has 3 unspecified atom stereocenters. The van der Waals surface area contributed by atoms with E-state index in [0.29, 0.717) is 47.3 Å². The summed E-state index contributed by atoms with van der Waals surface area (Å²) >= 11 is 0. The van der Waals surface area contributed by atoms with Gasteiger partial charge in [-0.1, -0.05) is 6.08 Å². The van der Waals surface area contributed by atoms with E-state index < -0.39 is 29.0 Å². The minimum atomic E-state index is -0.916. The second-order valence-corrected chi connectivity index (χ2v) is 12.5. The standard InChI is InChI=1S/C39H36F4O6/c1-4-20-7-8-21(17-47-31-14-11-23-22-10-13-30(45-5-2)34(40)27(22)18-48-38(23)37(31)43)25(15-20)26-16-32(46-6-3)35(41)28-19-49-39-24(33(26)28)9-12-29(44)36(39)42/h4,9-14,16,20-21,25,44H,1,5-8,15,17-19H2,2-3H3. The van der Waals surface area contributed by atoms with Crippen molar-refractivity contribution in [3.63, 3.8) is 0 Å². The molecule has 0 saturated heterocycles. The fourth-order valence-electron chi connectivity index (χ4n) is 7.41. The monoisotopic (exact) mass is 676 g/mol. The largest absolute Gasteiger partial charge is 0.505 e. The van der Waals surface area contributed by atoms with Gasteiger partial charge in [-0.25, -0.2) is 8.78 Å². The maximum absolute atomic E-state index is 16.0. The fourth-order valence-corrected chi connectivity index (χ4v) is 7.41. The van der Waals surface area contributed by atoms with Gasteiger partial charge in [0.05, 0.1) is 19.8 Å². The predicted molar refractivity (Wildman–Crippen MR) is 176 cm³/mol. The lowest BCUT2D eigenvalue weighted by Gasteiger charge is -2.38. The molecule has 6 nitrogen and oxygen atoms in total. The highest BCUT2D eigenvalue weighted by Crippen LogP contribution is 2.52. The Kier molecular flexibility index (Phi) is 8.81. The van der Waals surface area contributed by atoms with Gasteiger partial charge in [-0.3, -0.25) is 0 Å². The van der Waals surface area contributed by atoms with Gasteiger partial charge in [0.2, 0.25) is 11.6 Å². The molecular formula is C39H36F4O6. The molecule has 256 valence electrons. The van der Waals surface area contributed by atoms with Gasteiger partial charge < -0.3 is 28.8 Å². The van der Waals surface area contributed by atoms with Gasteiger partial charge in [0, 0.05) is 22.3 Å². The Hall–Kier alpha value is -4.86. The van der Waals surface area contributed by atoms with Crippen LogP contribution in [0.5, 0.6) is 34.5 Å². The molecule has 3 atom stereocenters. The molecule has 3 aliphatic rings. The molecule has 0 spiro atoms. The van der Waals surface area contributed by atoms with Crippen LogP contribution in [0, 0.1) is 35.1 Å². The zero-order valence-electron chi connectivity index (χ0n) is 27.2. The van der Waals surface area contributed by atoms with Crippen LogP contribution in [0.1, 0.15) is 55.7 Å². The first-order chi connectivity index (χ1) is 23.7. The number of fused-ring (bicyclic) bond motifs is 6. The van der Waals surface area contributed by atoms with Gasteiger partial charge in [-0.15, -0.1) is 6.58 Å². The molecule has 1 saturated carbocycles. The third-order valence-electron chi connectivity index (χ3n) is 9.81. The number of benzene rings is 4. The van der Waals surface area contributed by atoms with Crippen molar-refractivity contribution in [2.45, 2.75) is 52.2 Å². The lowest BCUT2D eigenvalue weighted by molar-refractivity contribution is 0.164. The first-order valence-electron chi connectivity index (χ1n) is 16.5. The molecule has 1 fully saturated rings. The molecule has 1 N–H and O–H groups in total. The Morgan fingerprint density at radius 3 is 2.12 bits per heavy atom. The lowest BCUT2D eigenvalue weighted by atomic mass is 9.69. The molecular weight excluding hydrogens is 640 g/mol. The van der Waals surface area contributed by atoms with Crippen LogP contribution in [0.2, 0.25) is 0 Å². The Morgan fingerprint density at radius 1 is 0.755 bits per heavy atom. The van der Waals surface area contributed by atoms with E-state index in [4.69, 9.17) is 23.7 Å². The molecule has 0 amide bonds. The second-order valence-electron chi connectivity index (χ2n) is 12.5. The number of phenols is 1. The molecule has 0 bridgehead atoms. The van der Waals surface area contributed by atoms with E-state index in [2.05, 4.69) is 6.58 Å². The first kappa shape index (κ1) is 32.7. The van der Waals surface area contributed by atoms with E-state index in [1.165, 1.54) is 24.3 Å². The number of ether oxygens (including phenoxy) is 5. The van der Waals surface area contributed by atoms with Crippen LogP contribution in [-0.4, -0.2) is 24.9 Å². The normalized spacial score (nSPS) is 18.9. The minimum absolute atomic E-state index is 0.00867. The molecule has 10 heteroatoms. The molecule has 49 heavy (non-hydrogen) atoms. The van der Waals surface area contributed by atoms with Crippen molar-refractivity contribution in [3.8, 4) is 56.8 Å². The number of aromatic hydroxyl groups is 1. The minimum Gasteiger partial charge on any atom is -0.505 e. The second kappa shape index (κ2) is 13.2. The maximum atomic E-state index is 16.0. The van der Waals surface area contributed by atoms with Crippen LogP contribution in [0.4, 0.5) is 17.6 Å². The quantitative estimate of drug-likeness (QED) is 0.141. The number of phenolic OH excluding ortho intramolecular Hbond substituents is 1. The zero-order chi connectivity index (χ0) is 34.4. The molecule has 4 aromatic carbocycles. The van der Waals surface area contributed by atoms with Gasteiger partial charge in [0.1, 0.15) is 13.2 Å². The van der Waals surface area contributed by atoms with Crippen LogP contribution >= 0.6 is 0 Å². The molecule has 0 radical (unpaired) electrons. The summed E-state index contributed by atoms with van der Waals surface area (Å²) in [6.07, 6.45) is 4.05. The van der Waals surface area contributed by atoms with E-state index in [1.54, 1.807) is 32.0 Å². The van der Waals surface area contributed by atoms with Crippen LogP contribution in [0.15, 0.2) is 55.1 Å². The molecule has 2 heterocycles. The summed E-state index contributed by atoms with van der Waals surface area (Å²) < 4.78 is 90.6. The van der Waals surface area contributed by atoms with Crippen molar-refractivity contribution < 1.29 is 46.4 Å². The summed E-state index contributed by atoms with van der Waals surface area (Å²) in [7, 11) is 0. The number of halogens is 4. The maximum Gasteiger partial charge on any atom is 0.207 e. The van der Waals surface area contributed by atoms with Crippen LogP contribution in [0.25, 0.3) is 22.3 Å². The average Bonchev–Trinajstić information content (AvgIpc) is 3.11. The highest BCUT2D eigenvalue weighted by Gasteiger charge is 2.38. The van der Waals surface area contributed by atoms with Gasteiger partial charge in [0.25, 0.3) is 0 Å². The van der Waals surface area contributed by atoms with E-state index in [-0.39, 0.29) is 78.5 Å². The number of allylic oxidation sites excluding steroid dienone is 1. The van der Waals surface area contributed by atoms with Gasteiger partial charge >= 0.3 is 0 Å². The first-order valence-corrected chi connectivity index (χ1v) is 16.5. The van der Waals surface area contributed by atoms with Gasteiger partial charge in [-0.05, 0) is 110 Å². The van der Waals surface area contributed by atoms with Crippen LogP contribution in [-0.2, 0) is 13.2 Å². The van der Waals surface area contributed by atoms with E-state index in [9.17, 15) is 5.11 Å². The van der Waals surface area contributed by atoms with Crippen molar-refractivity contribution in [1.29, 1.82) is 0 Å². The summed E-state index contributed by atoms with van der Waals surface area (Å²) in [5, 5.41) is 10.0. The Balaban J connectivity index is 1.24. The highest BCUT2D eigenvalue weighted by molar-refractivity contribution is 5.81. The Morgan fingerprint density at radius 2 is 1.39 bits per heavy atom. The van der Waals surface area contributed by atoms with Gasteiger partial charge in [-0.2, -0.15) is 8.78 Å². The highest BCUT2D eigenvalue weighted by atomic mass is 19.1. The lowest BCUT2D eigenvalue weighted by Crippen LogP contribution is -2.29. The zero-order valence-corrected chi connectivity index (χ0v) is 27.2. The van der Waals surface area contributed by atoms with E-state index in [1.807, 2.05) is 6.08 Å². The summed E-state index contributed by atoms with van der Waals surface area (Å²) in [6.45, 7) is 7.79. The SMILES string of the molecule is C=CC1CCC(COc2ccc3c(c2F)OCc2c-3ccc(OCC)c2F)C(c2cc(OCC)c(F)c3c2-c2ccc(O)c(F)c2OC3)C1. The molecule has 1 aliphatic carbocycles. The molecule has 4 aromatic rings. The third kappa shape index (κ3) is 5.60. The summed E-state index contributed by atoms with van der Waals surface area (Å²) in [6, 6.07) is 10.8. The van der Waals surface area contributed by atoms with Crippen molar-refractivity contribution >= 4 is 0 Å². The number of hydrogen-bond donors (Lipinski definition) is 1. The summed E-state index contributed by atoms with van der Waals surface area (Å²) in [5.41, 5.74) is 3.03. The van der Waals surface area contributed by atoms with Crippen molar-refractivity contribution in [1.82, 2.24) is 0 Å². The summed E-state index contributed by atoms with van der Waals surface area (Å²) in [4.78, 5) is 0.